The molecule has 1 N–H and O–H groups in total. The van der Waals surface area contributed by atoms with E-state index in [4.69, 9.17) is 10.00 Å². The lowest BCUT2D eigenvalue weighted by atomic mass is 10.1. The van der Waals surface area contributed by atoms with Gasteiger partial charge in [-0.25, -0.2) is 4.39 Å². The van der Waals surface area contributed by atoms with Crippen LogP contribution in [0.5, 0.6) is 0 Å². The molecular formula is C16H19FN2O3. The lowest BCUT2D eigenvalue weighted by molar-refractivity contribution is -0.155. The Morgan fingerprint density at radius 2 is 1.86 bits per heavy atom. The molecule has 0 aromatic heterocycles. The van der Waals surface area contributed by atoms with Gasteiger partial charge < -0.3 is 10.1 Å². The Hall–Kier alpha value is -2.42. The molecule has 0 aliphatic heterocycles. The Labute approximate surface area is 129 Å². The summed E-state index contributed by atoms with van der Waals surface area (Å²) in [6.45, 7) is 5.22. The van der Waals surface area contributed by atoms with Gasteiger partial charge in [0.1, 0.15) is 17.5 Å². The number of hydrogen-bond acceptors (Lipinski definition) is 4. The fourth-order valence-electron chi connectivity index (χ4n) is 1.69. The van der Waals surface area contributed by atoms with Crippen LogP contribution in [0.2, 0.25) is 0 Å². The van der Waals surface area contributed by atoms with E-state index in [1.807, 2.05) is 6.07 Å². The van der Waals surface area contributed by atoms with Gasteiger partial charge in [0.25, 0.3) is 0 Å². The van der Waals surface area contributed by atoms with Crippen molar-refractivity contribution < 1.29 is 18.7 Å². The number of carbonyl (C=O) groups excluding carboxylic acids is 2. The van der Waals surface area contributed by atoms with Gasteiger partial charge in [-0.3, -0.25) is 9.59 Å². The molecule has 1 aromatic carbocycles. The Bertz CT molecular complexity index is 571. The number of hydrogen-bond donors (Lipinski definition) is 1. The first kappa shape index (κ1) is 17.6. The Morgan fingerprint density at radius 1 is 1.27 bits per heavy atom. The second-order valence-electron chi connectivity index (χ2n) is 5.77. The topological polar surface area (TPSA) is 79.2 Å². The number of benzene rings is 1. The van der Waals surface area contributed by atoms with Crippen LogP contribution in [-0.2, 0) is 14.3 Å². The van der Waals surface area contributed by atoms with Gasteiger partial charge in [-0.2, -0.15) is 5.26 Å². The second kappa shape index (κ2) is 7.55. The lowest BCUT2D eigenvalue weighted by Gasteiger charge is -2.19. The Kier molecular flexibility index (Phi) is 6.05. The van der Waals surface area contributed by atoms with Gasteiger partial charge in [-0.05, 0) is 38.5 Å². The number of ether oxygens (including phenoxy) is 1. The molecule has 0 saturated heterocycles. The van der Waals surface area contributed by atoms with E-state index in [1.165, 1.54) is 24.3 Å². The van der Waals surface area contributed by atoms with Gasteiger partial charge in [0.2, 0.25) is 5.91 Å². The summed E-state index contributed by atoms with van der Waals surface area (Å²) < 4.78 is 17.9. The molecule has 0 spiro atoms. The SMILES string of the molecule is CC(C)(C)OC(=O)CCC(=O)N[C@@H](C#N)c1ccc(F)cc1. The van der Waals surface area contributed by atoms with Gasteiger partial charge >= 0.3 is 5.97 Å². The third-order valence-electron chi connectivity index (χ3n) is 2.61. The first-order valence-electron chi connectivity index (χ1n) is 6.87. The van der Waals surface area contributed by atoms with E-state index in [9.17, 15) is 14.0 Å². The predicted octanol–water partition coefficient (Wildman–Crippen LogP) is 2.63. The minimum atomic E-state index is -0.883. The summed E-state index contributed by atoms with van der Waals surface area (Å²) in [7, 11) is 0. The molecule has 22 heavy (non-hydrogen) atoms. The minimum Gasteiger partial charge on any atom is -0.460 e. The number of rotatable bonds is 5. The van der Waals surface area contributed by atoms with Crippen LogP contribution in [-0.4, -0.2) is 17.5 Å². The van der Waals surface area contributed by atoms with Crippen LogP contribution in [0, 0.1) is 17.1 Å². The molecule has 0 fully saturated rings. The van der Waals surface area contributed by atoms with E-state index in [2.05, 4.69) is 5.32 Å². The molecule has 0 unspecified atom stereocenters. The van der Waals surface area contributed by atoms with Crippen molar-refractivity contribution in [2.75, 3.05) is 0 Å². The fraction of sp³-hybridized carbons (Fsp3) is 0.438. The molecule has 5 nitrogen and oxygen atoms in total. The zero-order valence-electron chi connectivity index (χ0n) is 12.9. The van der Waals surface area contributed by atoms with Crippen LogP contribution in [0.4, 0.5) is 4.39 Å². The summed E-state index contributed by atoms with van der Waals surface area (Å²) in [4.78, 5) is 23.3. The smallest absolute Gasteiger partial charge is 0.306 e. The van der Waals surface area contributed by atoms with E-state index < -0.39 is 29.3 Å². The van der Waals surface area contributed by atoms with Crippen LogP contribution in [0.15, 0.2) is 24.3 Å². The maximum atomic E-state index is 12.8. The second-order valence-corrected chi connectivity index (χ2v) is 5.77. The molecule has 1 aromatic rings. The summed E-state index contributed by atoms with van der Waals surface area (Å²) in [5.41, 5.74) is -0.119. The summed E-state index contributed by atoms with van der Waals surface area (Å²) in [5.74, 6) is -1.34. The number of esters is 1. The highest BCUT2D eigenvalue weighted by molar-refractivity contribution is 5.81. The third kappa shape index (κ3) is 6.35. The fourth-order valence-corrected chi connectivity index (χ4v) is 1.69. The number of nitriles is 1. The standard InChI is InChI=1S/C16H19FN2O3/c1-16(2,3)22-15(21)9-8-14(20)19-13(10-18)11-4-6-12(17)7-5-11/h4-7,13H,8-9H2,1-3H3,(H,19,20)/t13-/m0/s1. The molecule has 0 bridgehead atoms. The van der Waals surface area contributed by atoms with Crippen molar-refractivity contribution in [1.29, 1.82) is 5.26 Å². The van der Waals surface area contributed by atoms with E-state index in [0.29, 0.717) is 5.56 Å². The van der Waals surface area contributed by atoms with Crippen LogP contribution in [0.1, 0.15) is 45.2 Å². The quantitative estimate of drug-likeness (QED) is 0.848. The van der Waals surface area contributed by atoms with Crippen LogP contribution in [0.3, 0.4) is 0 Å². The zero-order chi connectivity index (χ0) is 16.8. The van der Waals surface area contributed by atoms with Gasteiger partial charge in [0.05, 0.1) is 12.5 Å². The van der Waals surface area contributed by atoms with Gasteiger partial charge in [0, 0.05) is 6.42 Å². The summed E-state index contributed by atoms with van der Waals surface area (Å²) in [6, 6.07) is 6.33. The number of amides is 1. The molecule has 0 aliphatic rings. The molecule has 1 atom stereocenters. The molecular weight excluding hydrogens is 287 g/mol. The normalized spacial score (nSPS) is 12.1. The molecule has 118 valence electrons. The zero-order valence-corrected chi connectivity index (χ0v) is 12.9. The Balaban J connectivity index is 2.51. The van der Waals surface area contributed by atoms with Crippen LogP contribution >= 0.6 is 0 Å². The number of nitrogens with zero attached hydrogens (tertiary/aromatic N) is 1. The van der Waals surface area contributed by atoms with Crippen molar-refractivity contribution in [3.8, 4) is 6.07 Å². The monoisotopic (exact) mass is 306 g/mol. The molecule has 0 heterocycles. The molecule has 1 rings (SSSR count). The van der Waals surface area contributed by atoms with E-state index in [-0.39, 0.29) is 12.8 Å². The average Bonchev–Trinajstić information content (AvgIpc) is 2.42. The minimum absolute atomic E-state index is 0.0648. The number of halogens is 1. The summed E-state index contributed by atoms with van der Waals surface area (Å²) in [5, 5.41) is 11.6. The first-order chi connectivity index (χ1) is 10.2. The van der Waals surface area contributed by atoms with Crippen molar-refractivity contribution in [1.82, 2.24) is 5.32 Å². The summed E-state index contributed by atoms with van der Waals surface area (Å²) >= 11 is 0. The van der Waals surface area contributed by atoms with Crippen molar-refractivity contribution in [2.24, 2.45) is 0 Å². The van der Waals surface area contributed by atoms with E-state index in [0.717, 1.165) is 0 Å². The first-order valence-corrected chi connectivity index (χ1v) is 6.87. The Morgan fingerprint density at radius 3 is 2.36 bits per heavy atom. The molecule has 0 aliphatic carbocycles. The maximum Gasteiger partial charge on any atom is 0.306 e. The van der Waals surface area contributed by atoms with Crippen molar-refractivity contribution in [3.63, 3.8) is 0 Å². The number of nitrogens with one attached hydrogen (secondary N) is 1. The maximum absolute atomic E-state index is 12.8. The largest absolute Gasteiger partial charge is 0.460 e. The molecule has 0 saturated carbocycles. The number of carbonyl (C=O) groups is 2. The van der Waals surface area contributed by atoms with Crippen molar-refractivity contribution in [2.45, 2.75) is 45.3 Å². The van der Waals surface area contributed by atoms with Crippen LogP contribution < -0.4 is 5.32 Å². The van der Waals surface area contributed by atoms with Gasteiger partial charge in [0.15, 0.2) is 0 Å². The van der Waals surface area contributed by atoms with Crippen LogP contribution in [0.25, 0.3) is 0 Å². The third-order valence-corrected chi connectivity index (χ3v) is 2.61. The predicted molar refractivity (Wildman–Crippen MR) is 78.0 cm³/mol. The average molecular weight is 306 g/mol. The molecule has 0 radical (unpaired) electrons. The molecule has 1 amide bonds. The summed E-state index contributed by atoms with van der Waals surface area (Å²) in [6.07, 6.45) is -0.140. The van der Waals surface area contributed by atoms with E-state index in [1.54, 1.807) is 20.8 Å². The highest BCUT2D eigenvalue weighted by Crippen LogP contribution is 2.14. The van der Waals surface area contributed by atoms with Crippen molar-refractivity contribution in [3.05, 3.63) is 35.6 Å². The molecule has 6 heteroatoms. The van der Waals surface area contributed by atoms with E-state index >= 15 is 0 Å². The van der Waals surface area contributed by atoms with Crippen molar-refractivity contribution >= 4 is 11.9 Å². The lowest BCUT2D eigenvalue weighted by Crippen LogP contribution is -2.29. The highest BCUT2D eigenvalue weighted by Gasteiger charge is 2.18. The highest BCUT2D eigenvalue weighted by atomic mass is 19.1. The van der Waals surface area contributed by atoms with Gasteiger partial charge in [-0.1, -0.05) is 12.1 Å². The van der Waals surface area contributed by atoms with Gasteiger partial charge in [-0.15, -0.1) is 0 Å².